The molecule has 1 amide bonds. The summed E-state index contributed by atoms with van der Waals surface area (Å²) in [6, 6.07) is 26.0. The van der Waals surface area contributed by atoms with Crippen molar-refractivity contribution < 1.29 is 83.8 Å². The third-order valence-electron chi connectivity index (χ3n) is 12.8. The number of allylic oxidation sites excluding steroid dienone is 6. The minimum absolute atomic E-state index is 0.0659. The van der Waals surface area contributed by atoms with E-state index in [1.54, 1.807) is 66.1 Å². The average Bonchev–Trinajstić information content (AvgIpc) is 3.80. The van der Waals surface area contributed by atoms with Gasteiger partial charge in [-0.3, -0.25) is 23.2 Å². The number of carbonyl (C=O) groups excluding carboxylic acids is 1. The van der Waals surface area contributed by atoms with Crippen LogP contribution in [0, 0.1) is 5.41 Å². The molecule has 21 nitrogen and oxygen atoms in total. The number of aliphatic carboxylic acids is 1. The van der Waals surface area contributed by atoms with Crippen molar-refractivity contribution in [1.29, 1.82) is 0 Å². The first kappa shape index (κ1) is 54.7. The first-order valence-corrected chi connectivity index (χ1v) is 29.0. The minimum Gasteiger partial charge on any atom is -0.744 e. The Balaban J connectivity index is 0.00000185. The number of amides is 1. The van der Waals surface area contributed by atoms with Gasteiger partial charge in [-0.1, -0.05) is 72.8 Å². The number of nitrogens with one attached hydrogen (secondary N) is 1. The second-order valence-corrected chi connectivity index (χ2v) is 23.5. The van der Waals surface area contributed by atoms with Crippen LogP contribution in [0.5, 0.6) is 0 Å². The smallest absolute Gasteiger partial charge is 0.425 e. The van der Waals surface area contributed by atoms with Gasteiger partial charge in [0.25, 0.3) is 30.4 Å². The number of rotatable bonds is 14. The zero-order chi connectivity index (χ0) is 55.3. The van der Waals surface area contributed by atoms with Gasteiger partial charge in [-0.25, -0.2) is 8.42 Å². The van der Waals surface area contributed by atoms with E-state index in [0.717, 1.165) is 0 Å². The van der Waals surface area contributed by atoms with Crippen molar-refractivity contribution in [2.75, 3.05) is 6.54 Å². The highest BCUT2D eigenvalue weighted by Crippen LogP contribution is 2.43. The molecule has 1 aliphatic carbocycles. The highest BCUT2D eigenvalue weighted by Gasteiger charge is 2.48. The summed E-state index contributed by atoms with van der Waals surface area (Å²) in [6.07, 6.45) is 7.76. The molecule has 9 rings (SSSR count). The summed E-state index contributed by atoms with van der Waals surface area (Å²) in [6.45, 7) is 1.90. The monoisotopic (exact) mass is 1130 g/mol. The molecule has 0 bridgehead atoms. The van der Waals surface area contributed by atoms with Gasteiger partial charge < -0.3 is 19.5 Å². The second-order valence-electron chi connectivity index (χ2n) is 17.5. The largest absolute Gasteiger partial charge is 0.744 e. The lowest BCUT2D eigenvalue weighted by Crippen LogP contribution is -2.48. The van der Waals surface area contributed by atoms with Crippen molar-refractivity contribution in [2.45, 2.75) is 52.4 Å². The maximum atomic E-state index is 14.0. The Morgan fingerprint density at radius 2 is 1.26 bits per heavy atom. The van der Waals surface area contributed by atoms with Crippen molar-refractivity contribution >= 4 is 113 Å². The predicted octanol–water partition coefficient (Wildman–Crippen LogP) is 4.89. The standard InChI is InChI=1S/C50H41N3O15S4.O3S/c1-2-51-48(54)50(49(55)56)26-32(13-19-40-36-5-3-7-38-44(71(63,64)65)23-21-42(46(36)38)52(40)28-30-9-15-34(16-10-30)69(57,58)59)25-33(27-50)14-20-41-37-6-4-8-39-45(72(66,67)68)24-22-43(47(37)39)53(41)29-31-11-17-35(18-12-31)70(60,61)62;1-4(2)3/h3-25H,2,26-29H2,1H3,(H5-,51,54,55,56,57,58,59,60,61,62,63,64,65,66,67,68);. The molecule has 0 saturated carbocycles. The number of hydrogen-bond acceptors (Lipinski definition) is 14. The van der Waals surface area contributed by atoms with E-state index in [-0.39, 0.29) is 57.9 Å². The molecule has 1 atom stereocenters. The fourth-order valence-electron chi connectivity index (χ4n) is 9.62. The number of hydrogen-bond donors (Lipinski definition) is 5. The molecule has 76 heavy (non-hydrogen) atoms. The van der Waals surface area contributed by atoms with Crippen LogP contribution in [0.15, 0.2) is 164 Å². The first-order chi connectivity index (χ1) is 35.6. The molecule has 1 aromatic heterocycles. The molecule has 1 aliphatic heterocycles. The van der Waals surface area contributed by atoms with Crippen molar-refractivity contribution in [3.05, 3.63) is 167 Å². The zero-order valence-electron chi connectivity index (χ0n) is 39.3. The number of nitrogens with zero attached hydrogens (tertiary/aromatic N) is 2. The minimum atomic E-state index is -4.94. The molecule has 0 saturated heterocycles. The lowest BCUT2D eigenvalue weighted by Gasteiger charge is -2.32. The van der Waals surface area contributed by atoms with Gasteiger partial charge in [0.05, 0.1) is 31.2 Å². The Morgan fingerprint density at radius 3 is 1.83 bits per heavy atom. The van der Waals surface area contributed by atoms with Gasteiger partial charge >= 0.3 is 16.6 Å². The summed E-state index contributed by atoms with van der Waals surface area (Å²) in [7, 11) is -21.8. The van der Waals surface area contributed by atoms with Crippen LogP contribution >= 0.6 is 0 Å². The maximum Gasteiger partial charge on any atom is 0.425 e. The van der Waals surface area contributed by atoms with Crippen LogP contribution < -0.4 is 10.7 Å². The van der Waals surface area contributed by atoms with Gasteiger partial charge in [-0.15, -0.1) is 12.6 Å². The highest BCUT2D eigenvalue weighted by molar-refractivity contribution is 7.86. The van der Waals surface area contributed by atoms with E-state index in [2.05, 4.69) is 5.32 Å². The van der Waals surface area contributed by atoms with E-state index in [9.17, 15) is 66.6 Å². The van der Waals surface area contributed by atoms with E-state index in [1.165, 1.54) is 84.9 Å². The molecule has 2 heterocycles. The summed E-state index contributed by atoms with van der Waals surface area (Å²) in [5.41, 5.74) is 1.87. The van der Waals surface area contributed by atoms with Crippen LogP contribution in [0.4, 0.5) is 5.69 Å². The van der Waals surface area contributed by atoms with E-state index in [1.807, 2.05) is 4.58 Å². The Kier molecular flexibility index (Phi) is 14.8. The molecule has 394 valence electrons. The lowest BCUT2D eigenvalue weighted by molar-refractivity contribution is -0.452. The van der Waals surface area contributed by atoms with Crippen molar-refractivity contribution in [2.24, 2.45) is 5.41 Å². The van der Waals surface area contributed by atoms with Crippen molar-refractivity contribution in [1.82, 2.24) is 9.88 Å². The van der Waals surface area contributed by atoms with Crippen LogP contribution in [0.25, 0.3) is 38.5 Å². The summed E-state index contributed by atoms with van der Waals surface area (Å²) in [5.74, 6) is -2.17. The molecule has 0 spiro atoms. The van der Waals surface area contributed by atoms with E-state index >= 15 is 0 Å². The van der Waals surface area contributed by atoms with E-state index in [4.69, 9.17) is 12.6 Å². The van der Waals surface area contributed by atoms with Gasteiger partial charge in [-0.05, 0) is 91.1 Å². The quantitative estimate of drug-likeness (QED) is 0.0549. The Morgan fingerprint density at radius 1 is 0.697 bits per heavy atom. The number of aromatic nitrogens is 1. The van der Waals surface area contributed by atoms with Gasteiger partial charge in [0.15, 0.2) is 12.0 Å². The lowest BCUT2D eigenvalue weighted by atomic mass is 9.71. The summed E-state index contributed by atoms with van der Waals surface area (Å²) in [4.78, 5) is 25.9. The Bertz CT molecular complexity index is 4390. The summed E-state index contributed by atoms with van der Waals surface area (Å²) >= 11 is 0. The van der Waals surface area contributed by atoms with Gasteiger partial charge in [0.1, 0.15) is 15.0 Å². The van der Waals surface area contributed by atoms with Gasteiger partial charge in [0.2, 0.25) is 17.3 Å². The molecule has 0 fully saturated rings. The predicted molar refractivity (Wildman–Crippen MR) is 273 cm³/mol. The fourth-order valence-corrected chi connectivity index (χ4v) is 11.9. The number of benzene rings is 6. The van der Waals surface area contributed by atoms with E-state index in [0.29, 0.717) is 66.3 Å². The molecular formula is C50H41N3O18S5. The SMILES string of the molecule is CCNC(=O)C1(C(=O)O)CC(=CC=c2c3cccc4c(S(=O)(=O)[O-])ccc(c43)n2Cc2ccc(S(=O)(=O)O)cc2)C=C(C=CC2=[N+](Cc3ccc(S(=O)(=O)O)cc3)c3ccc(S(=O)(=O)O)c4cccc2c34)C1.O=S(=O)=O. The Hall–Kier alpha value is -7.53. The van der Waals surface area contributed by atoms with Crippen LogP contribution in [-0.4, -0.2) is 103 Å². The maximum absolute atomic E-state index is 14.0. The van der Waals surface area contributed by atoms with Crippen molar-refractivity contribution in [3.63, 3.8) is 0 Å². The molecule has 7 aromatic rings. The number of carbonyl (C=O) groups is 2. The molecule has 6 aromatic carbocycles. The molecule has 0 radical (unpaired) electrons. The third-order valence-corrected chi connectivity index (χ3v) is 16.4. The fraction of sp³-hybridized carbons (Fsp3) is 0.140. The van der Waals surface area contributed by atoms with Crippen LogP contribution in [0.1, 0.15) is 36.5 Å². The highest BCUT2D eigenvalue weighted by atomic mass is 32.2. The van der Waals surface area contributed by atoms with Gasteiger partial charge in [-0.2, -0.15) is 29.8 Å². The van der Waals surface area contributed by atoms with Crippen LogP contribution in [0.3, 0.4) is 0 Å². The normalized spacial score (nSPS) is 16.9. The molecule has 2 aliphatic rings. The van der Waals surface area contributed by atoms with E-state index < -0.39 is 73.3 Å². The van der Waals surface area contributed by atoms with Crippen LogP contribution in [0.2, 0.25) is 0 Å². The topological polar surface area (TPSA) is 346 Å². The third kappa shape index (κ3) is 10.9. The molecule has 1 unspecified atom stereocenters. The average molecular weight is 1130 g/mol. The molecule has 26 heteroatoms. The van der Waals surface area contributed by atoms with Gasteiger partial charge in [0, 0.05) is 57.7 Å². The summed E-state index contributed by atoms with van der Waals surface area (Å²) in [5, 5.41) is 15.8. The second kappa shape index (κ2) is 20.5. The number of carboxylic acid groups (broad SMARTS) is 1. The van der Waals surface area contributed by atoms with Crippen LogP contribution in [-0.2, 0) is 73.8 Å². The van der Waals surface area contributed by atoms with Crippen molar-refractivity contribution in [3.8, 4) is 0 Å². The zero-order valence-corrected chi connectivity index (χ0v) is 43.3. The summed E-state index contributed by atoms with van der Waals surface area (Å²) < 4.78 is 168. The molecule has 5 N–H and O–H groups in total. The first-order valence-electron chi connectivity index (χ1n) is 22.3. The number of carboxylic acids is 1. The molecular weight excluding hydrogens is 1090 g/mol. The Labute approximate surface area is 435 Å².